The summed E-state index contributed by atoms with van der Waals surface area (Å²) in [6.07, 6.45) is -0.0827. The van der Waals surface area contributed by atoms with Gasteiger partial charge < -0.3 is 20.3 Å². The highest BCUT2D eigenvalue weighted by atomic mass is 35.5. The van der Waals surface area contributed by atoms with Gasteiger partial charge in [0, 0.05) is 6.04 Å². The fraction of sp³-hybridized carbons (Fsp3) is 0.500. The number of nitrogens with zero attached hydrogens (tertiary/aromatic N) is 1. The van der Waals surface area contributed by atoms with Crippen LogP contribution in [0.3, 0.4) is 0 Å². The fourth-order valence-corrected chi connectivity index (χ4v) is 4.34. The second-order valence-electron chi connectivity index (χ2n) is 11.1. The maximum atomic E-state index is 14.2. The molecule has 3 unspecified atom stereocenters. The Hall–Kier alpha value is -3.06. The van der Waals surface area contributed by atoms with Crippen LogP contribution >= 0.6 is 11.6 Å². The van der Waals surface area contributed by atoms with Crippen LogP contribution in [0.1, 0.15) is 77.6 Å². The van der Waals surface area contributed by atoms with Crippen molar-refractivity contribution in [3.05, 3.63) is 64.2 Å². The molecule has 2 N–H and O–H groups in total. The van der Waals surface area contributed by atoms with Crippen molar-refractivity contribution in [3.63, 3.8) is 0 Å². The third-order valence-electron chi connectivity index (χ3n) is 6.31. The van der Waals surface area contributed by atoms with E-state index in [1.54, 1.807) is 31.7 Å². The molecule has 0 heterocycles. The van der Waals surface area contributed by atoms with Crippen molar-refractivity contribution in [1.82, 2.24) is 10.2 Å². The monoisotopic (exact) mass is 543 g/mol. The zero-order valence-electron chi connectivity index (χ0n) is 24.0. The first-order valence-electron chi connectivity index (χ1n) is 13.1. The number of para-hydroxylation sites is 1. The quantitative estimate of drug-likeness (QED) is 0.363. The van der Waals surface area contributed by atoms with Crippen LogP contribution in [0.5, 0.6) is 0 Å². The first-order valence-corrected chi connectivity index (χ1v) is 13.5. The van der Waals surface area contributed by atoms with Crippen molar-refractivity contribution in [2.24, 2.45) is 5.92 Å². The molecule has 7 nitrogen and oxygen atoms in total. The van der Waals surface area contributed by atoms with Gasteiger partial charge in [0.15, 0.2) is 0 Å². The number of nitrogens with one attached hydrogen (secondary N) is 2. The van der Waals surface area contributed by atoms with Gasteiger partial charge in [-0.2, -0.15) is 0 Å². The van der Waals surface area contributed by atoms with Crippen LogP contribution in [-0.4, -0.2) is 40.5 Å². The number of ether oxygens (including phenoxy) is 1. The van der Waals surface area contributed by atoms with Crippen LogP contribution in [-0.2, 0) is 14.3 Å². The number of alkyl carbamates (subject to hydrolysis) is 1. The second-order valence-corrected chi connectivity index (χ2v) is 11.5. The summed E-state index contributed by atoms with van der Waals surface area (Å²) >= 11 is 6.42. The van der Waals surface area contributed by atoms with Gasteiger partial charge in [-0.25, -0.2) is 4.79 Å². The lowest BCUT2D eigenvalue weighted by Crippen LogP contribution is -2.56. The Morgan fingerprint density at radius 3 is 2.11 bits per heavy atom. The van der Waals surface area contributed by atoms with E-state index in [9.17, 15) is 14.4 Å². The molecule has 0 saturated heterocycles. The predicted molar refractivity (Wildman–Crippen MR) is 153 cm³/mol. The summed E-state index contributed by atoms with van der Waals surface area (Å²) in [4.78, 5) is 42.5. The molecule has 2 aromatic rings. The Morgan fingerprint density at radius 1 is 1.00 bits per heavy atom. The van der Waals surface area contributed by atoms with Crippen LogP contribution in [0, 0.1) is 19.8 Å². The van der Waals surface area contributed by atoms with E-state index < -0.39 is 29.7 Å². The number of halogens is 1. The molecule has 38 heavy (non-hydrogen) atoms. The van der Waals surface area contributed by atoms with Gasteiger partial charge in [-0.05, 0) is 71.1 Å². The molecule has 8 heteroatoms. The van der Waals surface area contributed by atoms with E-state index in [0.717, 1.165) is 11.1 Å². The molecule has 208 valence electrons. The molecule has 0 bridgehead atoms. The Labute approximate surface area is 232 Å². The van der Waals surface area contributed by atoms with E-state index in [4.69, 9.17) is 16.3 Å². The van der Waals surface area contributed by atoms with Crippen molar-refractivity contribution < 1.29 is 19.1 Å². The molecule has 0 aliphatic rings. The molecule has 0 spiro atoms. The number of anilines is 1. The molecule has 0 radical (unpaired) electrons. The number of rotatable bonds is 9. The molecular weight excluding hydrogens is 502 g/mol. The smallest absolute Gasteiger partial charge is 0.408 e. The molecule has 0 aliphatic heterocycles. The summed E-state index contributed by atoms with van der Waals surface area (Å²) in [6, 6.07) is 10.7. The molecule has 0 aromatic heterocycles. The SMILES string of the molecule is CCC(C)N(C(=O)C(NC(=O)OC(C)(C)C)C(C)C)C(C(=O)Nc1c(C)cccc1Cl)c1ccc(C)cc1. The average molecular weight is 544 g/mol. The van der Waals surface area contributed by atoms with Gasteiger partial charge in [0.2, 0.25) is 5.91 Å². The van der Waals surface area contributed by atoms with Crippen LogP contribution in [0.4, 0.5) is 10.5 Å². The standard InChI is InChI=1S/C30H42ClN3O4/c1-10-21(6)34(28(36)24(18(2)3)33-29(37)38-30(7,8)9)26(22-16-14-19(4)15-17-22)27(35)32-25-20(5)12-11-13-23(25)31/h11-18,21,24,26H,10H2,1-9H3,(H,32,35)(H,33,37). The lowest BCUT2D eigenvalue weighted by molar-refractivity contribution is -0.144. The Morgan fingerprint density at radius 2 is 1.61 bits per heavy atom. The van der Waals surface area contributed by atoms with E-state index in [2.05, 4.69) is 10.6 Å². The van der Waals surface area contributed by atoms with E-state index in [1.165, 1.54) is 0 Å². The van der Waals surface area contributed by atoms with Crippen LogP contribution < -0.4 is 10.6 Å². The van der Waals surface area contributed by atoms with Crippen molar-refractivity contribution in [2.75, 3.05) is 5.32 Å². The maximum absolute atomic E-state index is 14.2. The predicted octanol–water partition coefficient (Wildman–Crippen LogP) is 6.81. The molecule has 0 aliphatic carbocycles. The second kappa shape index (κ2) is 13.1. The Balaban J connectivity index is 2.59. The third kappa shape index (κ3) is 8.22. The number of hydrogen-bond donors (Lipinski definition) is 2. The number of aryl methyl sites for hydroxylation is 2. The molecule has 3 atom stereocenters. The minimum absolute atomic E-state index is 0.255. The van der Waals surface area contributed by atoms with Crippen molar-refractivity contribution in [1.29, 1.82) is 0 Å². The van der Waals surface area contributed by atoms with Crippen LogP contribution in [0.2, 0.25) is 5.02 Å². The first kappa shape index (κ1) is 31.2. The summed E-state index contributed by atoms with van der Waals surface area (Å²) in [6.45, 7) is 16.7. The van der Waals surface area contributed by atoms with Gasteiger partial charge in [0.05, 0.1) is 10.7 Å². The van der Waals surface area contributed by atoms with E-state index in [0.29, 0.717) is 22.7 Å². The van der Waals surface area contributed by atoms with E-state index in [1.807, 2.05) is 77.9 Å². The molecule has 3 amide bonds. The molecular formula is C30H42ClN3O4. The van der Waals surface area contributed by atoms with E-state index in [-0.39, 0.29) is 17.9 Å². The van der Waals surface area contributed by atoms with Gasteiger partial charge in [-0.3, -0.25) is 9.59 Å². The molecule has 0 saturated carbocycles. The Bertz CT molecular complexity index is 1110. The maximum Gasteiger partial charge on any atom is 0.408 e. The minimum atomic E-state index is -0.963. The van der Waals surface area contributed by atoms with E-state index >= 15 is 0 Å². The minimum Gasteiger partial charge on any atom is -0.444 e. The lowest BCUT2D eigenvalue weighted by atomic mass is 9.96. The lowest BCUT2D eigenvalue weighted by Gasteiger charge is -2.39. The highest BCUT2D eigenvalue weighted by Gasteiger charge is 2.39. The van der Waals surface area contributed by atoms with Crippen molar-refractivity contribution >= 4 is 35.2 Å². The summed E-state index contributed by atoms with van der Waals surface area (Å²) in [7, 11) is 0. The number of benzene rings is 2. The molecule has 2 rings (SSSR count). The largest absolute Gasteiger partial charge is 0.444 e. The normalized spacial score (nSPS) is 13.9. The van der Waals surface area contributed by atoms with Gasteiger partial charge in [-0.15, -0.1) is 0 Å². The molecule has 0 fully saturated rings. The van der Waals surface area contributed by atoms with Gasteiger partial charge in [-0.1, -0.05) is 74.3 Å². The number of carbonyl (C=O) groups excluding carboxylic acids is 3. The summed E-state index contributed by atoms with van der Waals surface area (Å²) < 4.78 is 5.43. The topological polar surface area (TPSA) is 87.7 Å². The summed E-state index contributed by atoms with van der Waals surface area (Å²) in [5.41, 5.74) is 2.28. The van der Waals surface area contributed by atoms with Gasteiger partial charge in [0.1, 0.15) is 17.7 Å². The number of amides is 3. The summed E-state index contributed by atoms with van der Waals surface area (Å²) in [5.74, 6) is -1.01. The van der Waals surface area contributed by atoms with Crippen molar-refractivity contribution in [3.8, 4) is 0 Å². The van der Waals surface area contributed by atoms with Gasteiger partial charge in [0.25, 0.3) is 5.91 Å². The zero-order valence-corrected chi connectivity index (χ0v) is 24.8. The van der Waals surface area contributed by atoms with Gasteiger partial charge >= 0.3 is 6.09 Å². The zero-order chi connectivity index (χ0) is 28.8. The first-order chi connectivity index (χ1) is 17.7. The number of carbonyl (C=O) groups is 3. The highest BCUT2D eigenvalue weighted by Crippen LogP contribution is 2.31. The Kier molecular flexibility index (Phi) is 10.8. The third-order valence-corrected chi connectivity index (χ3v) is 6.63. The van der Waals surface area contributed by atoms with Crippen molar-refractivity contribution in [2.45, 2.75) is 92.5 Å². The van der Waals surface area contributed by atoms with Crippen LogP contribution in [0.25, 0.3) is 0 Å². The number of hydrogen-bond acceptors (Lipinski definition) is 4. The summed E-state index contributed by atoms with van der Waals surface area (Å²) in [5, 5.41) is 6.13. The average Bonchev–Trinajstić information content (AvgIpc) is 2.82. The fourth-order valence-electron chi connectivity index (χ4n) is 4.07. The van der Waals surface area contributed by atoms with Crippen LogP contribution in [0.15, 0.2) is 42.5 Å². The molecule has 2 aromatic carbocycles. The highest BCUT2D eigenvalue weighted by molar-refractivity contribution is 6.34.